The first kappa shape index (κ1) is 26.4. The van der Waals surface area contributed by atoms with Gasteiger partial charge in [0.1, 0.15) is 0 Å². The maximum atomic E-state index is 12.4. The van der Waals surface area contributed by atoms with Gasteiger partial charge >= 0.3 is 18.1 Å². The molecule has 0 saturated heterocycles. The zero-order valence-corrected chi connectivity index (χ0v) is 11.1. The molecule has 0 aliphatic carbocycles. The van der Waals surface area contributed by atoms with E-state index in [2.05, 4.69) is 0 Å². The molecule has 0 aromatic carbocycles. The maximum Gasteiger partial charge on any atom is 0.309 e. The van der Waals surface area contributed by atoms with E-state index in [1.165, 1.54) is 0 Å². The van der Waals surface area contributed by atoms with Crippen LogP contribution in [-0.4, -0.2) is 17.6 Å². The summed E-state index contributed by atoms with van der Waals surface area (Å²) in [4.78, 5) is 9.67. The van der Waals surface area contributed by atoms with Crippen molar-refractivity contribution in [2.24, 2.45) is 0 Å². The van der Waals surface area contributed by atoms with Gasteiger partial charge in [-0.2, -0.15) is 35.1 Å². The van der Waals surface area contributed by atoms with Crippen molar-refractivity contribution in [1.82, 2.24) is 0 Å². The quantitative estimate of drug-likeness (QED) is 0.406. The summed E-state index contributed by atoms with van der Waals surface area (Å²) in [7, 11) is 0. The predicted molar refractivity (Wildman–Crippen MR) is 62.9 cm³/mol. The SMILES string of the molecule is C.CC(=O)C(F)=C(F)F.CCC(F)(F)CC(F)(F)C(F)=C(F)F. The highest BCUT2D eigenvalue weighted by Crippen LogP contribution is 2.39. The number of carbonyl (C=O) groups is 1. The second-order valence-electron chi connectivity index (χ2n) is 3.80. The molecule has 11 heteroatoms. The maximum absolute atomic E-state index is 12.4. The van der Waals surface area contributed by atoms with Gasteiger partial charge in [0.15, 0.2) is 5.78 Å². The zero-order valence-electron chi connectivity index (χ0n) is 11.1. The summed E-state index contributed by atoms with van der Waals surface area (Å²) in [5.41, 5.74) is 0. The molecule has 0 aromatic heterocycles. The van der Waals surface area contributed by atoms with E-state index in [0.29, 0.717) is 0 Å². The number of hydrogen-bond acceptors (Lipinski definition) is 1. The minimum absolute atomic E-state index is 0. The fourth-order valence-corrected chi connectivity index (χ4v) is 0.799. The lowest BCUT2D eigenvalue weighted by atomic mass is 10.1. The van der Waals surface area contributed by atoms with Gasteiger partial charge < -0.3 is 0 Å². The van der Waals surface area contributed by atoms with E-state index in [-0.39, 0.29) is 7.43 Å². The van der Waals surface area contributed by atoms with Crippen LogP contribution in [0.2, 0.25) is 0 Å². The number of rotatable bonds is 5. The third-order valence-corrected chi connectivity index (χ3v) is 1.96. The Morgan fingerprint density at radius 2 is 1.26 bits per heavy atom. The van der Waals surface area contributed by atoms with Gasteiger partial charge in [-0.05, 0) is 0 Å². The largest absolute Gasteiger partial charge is 0.309 e. The van der Waals surface area contributed by atoms with E-state index in [0.717, 1.165) is 13.8 Å². The zero-order chi connectivity index (χ0) is 18.3. The molecule has 0 aliphatic rings. The molecule has 0 aliphatic heterocycles. The van der Waals surface area contributed by atoms with Crippen LogP contribution in [0, 0.1) is 0 Å². The van der Waals surface area contributed by atoms with Crippen molar-refractivity contribution in [3.8, 4) is 0 Å². The first-order valence-electron chi connectivity index (χ1n) is 5.36. The summed E-state index contributed by atoms with van der Waals surface area (Å²) in [6.07, 6.45) is -9.05. The van der Waals surface area contributed by atoms with Crippen molar-refractivity contribution in [1.29, 1.82) is 0 Å². The first-order valence-corrected chi connectivity index (χ1v) is 5.36. The Labute approximate surface area is 125 Å². The molecule has 0 N–H and O–H groups in total. The summed E-state index contributed by atoms with van der Waals surface area (Å²) in [5.74, 6) is -15.0. The van der Waals surface area contributed by atoms with Crippen LogP contribution in [0.3, 0.4) is 0 Å². The minimum Gasteiger partial charge on any atom is -0.292 e. The lowest BCUT2D eigenvalue weighted by Gasteiger charge is -2.20. The summed E-state index contributed by atoms with van der Waals surface area (Å²) in [6.45, 7) is 1.62. The number of alkyl halides is 4. The van der Waals surface area contributed by atoms with Crippen LogP contribution in [0.5, 0.6) is 0 Å². The highest BCUT2D eigenvalue weighted by molar-refractivity contribution is 5.91. The highest BCUT2D eigenvalue weighted by atomic mass is 19.3. The first-order chi connectivity index (χ1) is 9.68. The number of ketones is 1. The van der Waals surface area contributed by atoms with Gasteiger partial charge in [0, 0.05) is 13.3 Å². The monoisotopic (exact) mass is 364 g/mol. The second-order valence-corrected chi connectivity index (χ2v) is 3.80. The van der Waals surface area contributed by atoms with Gasteiger partial charge in [0.2, 0.25) is 11.7 Å². The minimum atomic E-state index is -4.82. The summed E-state index contributed by atoms with van der Waals surface area (Å²) < 4.78 is 118. The molecule has 1 nitrogen and oxygen atoms in total. The van der Waals surface area contributed by atoms with Crippen molar-refractivity contribution in [2.75, 3.05) is 0 Å². The molecule has 0 unspecified atom stereocenters. The van der Waals surface area contributed by atoms with Crippen molar-refractivity contribution < 1.29 is 48.7 Å². The van der Waals surface area contributed by atoms with E-state index >= 15 is 0 Å². The molecule has 0 radical (unpaired) electrons. The average Bonchev–Trinajstić information content (AvgIpc) is 2.36. The van der Waals surface area contributed by atoms with Gasteiger partial charge in [0.25, 0.3) is 5.92 Å². The molecule has 0 saturated carbocycles. The highest BCUT2D eigenvalue weighted by Gasteiger charge is 2.47. The normalized spacial score (nSPS) is 10.8. The smallest absolute Gasteiger partial charge is 0.292 e. The molecule has 0 atom stereocenters. The van der Waals surface area contributed by atoms with Crippen molar-refractivity contribution in [2.45, 2.75) is 46.0 Å². The van der Waals surface area contributed by atoms with Crippen LogP contribution >= 0.6 is 0 Å². The predicted octanol–water partition coefficient (Wildman–Crippen LogP) is 6.42. The van der Waals surface area contributed by atoms with Crippen molar-refractivity contribution >= 4 is 5.78 Å². The standard InChI is InChI=1S/C7H7F7.C4H3F3O.CH4/c1-2-6(11,12)3-7(13,14)4(8)5(9)10;1-2(8)3(5)4(6)7;/h2-3H2,1H3;1H3;1H4. The summed E-state index contributed by atoms with van der Waals surface area (Å²) >= 11 is 0. The molecule has 23 heavy (non-hydrogen) atoms. The molecule has 0 fully saturated rings. The molecule has 0 amide bonds. The van der Waals surface area contributed by atoms with Gasteiger partial charge in [-0.15, -0.1) is 0 Å². The van der Waals surface area contributed by atoms with Gasteiger partial charge in [0.05, 0.1) is 6.42 Å². The van der Waals surface area contributed by atoms with E-state index in [1.54, 1.807) is 0 Å². The van der Waals surface area contributed by atoms with Crippen LogP contribution < -0.4 is 0 Å². The molecule has 0 aromatic rings. The van der Waals surface area contributed by atoms with Crippen LogP contribution in [0.4, 0.5) is 43.9 Å². The number of carbonyl (C=O) groups excluding carboxylic acids is 1. The topological polar surface area (TPSA) is 17.1 Å². The molecule has 0 heterocycles. The van der Waals surface area contributed by atoms with Crippen LogP contribution in [0.15, 0.2) is 23.8 Å². The average molecular weight is 364 g/mol. The van der Waals surface area contributed by atoms with Gasteiger partial charge in [-0.3, -0.25) is 4.79 Å². The Bertz CT molecular complexity index is 445. The van der Waals surface area contributed by atoms with E-state index in [4.69, 9.17) is 0 Å². The van der Waals surface area contributed by atoms with E-state index in [1.807, 2.05) is 0 Å². The number of hydrogen-bond donors (Lipinski definition) is 0. The molecule has 0 rings (SSSR count). The lowest BCUT2D eigenvalue weighted by Crippen LogP contribution is -2.29. The Balaban J connectivity index is -0.000000382. The summed E-state index contributed by atoms with van der Waals surface area (Å²) in [6, 6.07) is 0. The Hall–Kier alpha value is -1.55. The van der Waals surface area contributed by atoms with Gasteiger partial charge in [-0.1, -0.05) is 14.4 Å². The Morgan fingerprint density at radius 1 is 0.870 bits per heavy atom. The van der Waals surface area contributed by atoms with Gasteiger partial charge in [-0.25, -0.2) is 8.78 Å². The molecular weight excluding hydrogens is 350 g/mol. The number of halogens is 10. The summed E-state index contributed by atoms with van der Waals surface area (Å²) in [5, 5.41) is 0. The molecule has 0 spiro atoms. The lowest BCUT2D eigenvalue weighted by molar-refractivity contribution is -0.115. The van der Waals surface area contributed by atoms with Crippen LogP contribution in [0.1, 0.15) is 34.1 Å². The third-order valence-electron chi connectivity index (χ3n) is 1.96. The second kappa shape index (κ2) is 10.3. The van der Waals surface area contributed by atoms with Crippen molar-refractivity contribution in [3.05, 3.63) is 23.8 Å². The molecule has 138 valence electrons. The van der Waals surface area contributed by atoms with E-state index < -0.39 is 54.3 Å². The fraction of sp³-hybridized carbons (Fsp3) is 0.583. The molecule has 0 bridgehead atoms. The fourth-order valence-electron chi connectivity index (χ4n) is 0.799. The number of Topliss-reactive ketones (excluding diaryl/α,β-unsaturated/α-hetero) is 1. The van der Waals surface area contributed by atoms with E-state index in [9.17, 15) is 48.7 Å². The number of allylic oxidation sites excluding steroid dienone is 2. The van der Waals surface area contributed by atoms with Crippen molar-refractivity contribution in [3.63, 3.8) is 0 Å². The third kappa shape index (κ3) is 10.7. The molecular formula is C12H14F10O. The Kier molecular flexibility index (Phi) is 11.8. The van der Waals surface area contributed by atoms with Crippen LogP contribution in [0.25, 0.3) is 0 Å². The van der Waals surface area contributed by atoms with Crippen LogP contribution in [-0.2, 0) is 4.79 Å². The Morgan fingerprint density at radius 3 is 1.43 bits per heavy atom.